The third-order valence-electron chi connectivity index (χ3n) is 3.47. The van der Waals surface area contributed by atoms with Crippen LogP contribution in [0.25, 0.3) is 0 Å². The molecule has 1 aliphatic rings. The average molecular weight is 305 g/mol. The Morgan fingerprint density at radius 2 is 1.80 bits per heavy atom. The van der Waals surface area contributed by atoms with Crippen molar-refractivity contribution in [1.29, 1.82) is 0 Å². The van der Waals surface area contributed by atoms with Crippen molar-refractivity contribution in [2.75, 3.05) is 17.2 Å². The van der Waals surface area contributed by atoms with Gasteiger partial charge < -0.3 is 5.73 Å². The molecule has 0 amide bonds. The van der Waals surface area contributed by atoms with Crippen molar-refractivity contribution in [3.05, 3.63) is 54.1 Å². The van der Waals surface area contributed by atoms with Gasteiger partial charge in [0.05, 0.1) is 16.3 Å². The zero-order valence-electron chi connectivity index (χ0n) is 10.8. The molecule has 5 heteroatoms. The molecule has 1 heterocycles. The Morgan fingerprint density at radius 1 is 1.10 bits per heavy atom. The van der Waals surface area contributed by atoms with Gasteiger partial charge in [0.25, 0.3) is 0 Å². The highest BCUT2D eigenvalue weighted by Gasteiger charge is 2.29. The molecule has 3 rings (SSSR count). The van der Waals surface area contributed by atoms with E-state index in [2.05, 4.69) is 0 Å². The molecule has 20 heavy (non-hydrogen) atoms. The van der Waals surface area contributed by atoms with Crippen molar-refractivity contribution in [2.45, 2.75) is 15.7 Å². The molecule has 0 radical (unpaired) electrons. The molecule has 0 fully saturated rings. The van der Waals surface area contributed by atoms with Crippen LogP contribution in [0, 0.1) is 0 Å². The summed E-state index contributed by atoms with van der Waals surface area (Å²) < 4.78 is 25.1. The van der Waals surface area contributed by atoms with E-state index in [1.165, 1.54) is 4.90 Å². The van der Waals surface area contributed by atoms with Crippen LogP contribution in [0.2, 0.25) is 0 Å². The lowest BCUT2D eigenvalue weighted by molar-refractivity contribution is 0.591. The molecule has 0 aliphatic carbocycles. The average Bonchev–Trinajstić information content (AvgIpc) is 2.82. The second kappa shape index (κ2) is 5.14. The van der Waals surface area contributed by atoms with Crippen LogP contribution in [0.3, 0.4) is 0 Å². The van der Waals surface area contributed by atoms with Crippen molar-refractivity contribution >= 4 is 27.3 Å². The fraction of sp³-hybridized carbons (Fsp3) is 0.200. The zero-order chi connectivity index (χ0) is 14.2. The van der Waals surface area contributed by atoms with E-state index < -0.39 is 9.84 Å². The third kappa shape index (κ3) is 2.43. The number of nitrogen functional groups attached to an aromatic ring is 1. The summed E-state index contributed by atoms with van der Waals surface area (Å²) in [6.45, 7) is 0. The minimum Gasteiger partial charge on any atom is -0.398 e. The number of sulfone groups is 1. The van der Waals surface area contributed by atoms with E-state index in [0.29, 0.717) is 5.69 Å². The molecule has 0 bridgehead atoms. The number of anilines is 1. The van der Waals surface area contributed by atoms with Gasteiger partial charge in [0.1, 0.15) is 0 Å². The Labute approximate surface area is 123 Å². The summed E-state index contributed by atoms with van der Waals surface area (Å²) in [7, 11) is -3.36. The predicted molar refractivity (Wildman–Crippen MR) is 82.8 cm³/mol. The Balaban J connectivity index is 1.91. The first-order chi connectivity index (χ1) is 9.58. The summed E-state index contributed by atoms with van der Waals surface area (Å²) in [5, 5.41) is 0. The molecule has 0 aromatic heterocycles. The number of thioether (sulfide) groups is 1. The summed E-state index contributed by atoms with van der Waals surface area (Å²) in [5.74, 6) is 0.970. The standard InChI is InChI=1S/C15H15NO2S2/c16-13-6-2-4-8-15(13)20(17,18)10-11-9-19-14-7-3-1-5-12(11)14/h1-8,11H,9-10,16H2. The number of fused-ring (bicyclic) bond motifs is 1. The maximum absolute atomic E-state index is 12.5. The number of hydrogen-bond donors (Lipinski definition) is 1. The van der Waals surface area contributed by atoms with Crippen molar-refractivity contribution in [2.24, 2.45) is 0 Å². The molecule has 2 aromatic carbocycles. The maximum atomic E-state index is 12.5. The molecule has 2 aromatic rings. The number of rotatable bonds is 3. The second-order valence-corrected chi connectivity index (χ2v) is 7.93. The fourth-order valence-electron chi connectivity index (χ4n) is 2.49. The van der Waals surface area contributed by atoms with Crippen LogP contribution in [0.1, 0.15) is 11.5 Å². The Morgan fingerprint density at radius 3 is 2.60 bits per heavy atom. The van der Waals surface area contributed by atoms with Crippen LogP contribution < -0.4 is 5.73 Å². The first kappa shape index (κ1) is 13.5. The number of benzene rings is 2. The lowest BCUT2D eigenvalue weighted by atomic mass is 10.0. The number of para-hydroxylation sites is 1. The molecule has 0 saturated carbocycles. The van der Waals surface area contributed by atoms with E-state index in [9.17, 15) is 8.42 Å². The number of nitrogens with two attached hydrogens (primary N) is 1. The van der Waals surface area contributed by atoms with Gasteiger partial charge >= 0.3 is 0 Å². The van der Waals surface area contributed by atoms with Crippen molar-refractivity contribution in [3.8, 4) is 0 Å². The van der Waals surface area contributed by atoms with Crippen LogP contribution in [-0.2, 0) is 9.84 Å². The third-order valence-corrected chi connectivity index (χ3v) is 6.61. The van der Waals surface area contributed by atoms with Gasteiger partial charge in [-0.05, 0) is 23.8 Å². The summed E-state index contributed by atoms with van der Waals surface area (Å²) in [6, 6.07) is 14.7. The first-order valence-electron chi connectivity index (χ1n) is 6.37. The van der Waals surface area contributed by atoms with Gasteiger partial charge in [0.2, 0.25) is 0 Å². The van der Waals surface area contributed by atoms with Crippen LogP contribution >= 0.6 is 11.8 Å². The highest BCUT2D eigenvalue weighted by molar-refractivity contribution is 7.99. The van der Waals surface area contributed by atoms with E-state index in [1.807, 2.05) is 24.3 Å². The molecule has 1 unspecified atom stereocenters. The van der Waals surface area contributed by atoms with Crippen molar-refractivity contribution < 1.29 is 8.42 Å². The molecule has 1 aliphatic heterocycles. The zero-order valence-corrected chi connectivity index (χ0v) is 12.5. The predicted octanol–water partition coefficient (Wildman–Crippen LogP) is 2.93. The quantitative estimate of drug-likeness (QED) is 0.886. The highest BCUT2D eigenvalue weighted by atomic mass is 32.2. The van der Waals surface area contributed by atoms with Crippen molar-refractivity contribution in [1.82, 2.24) is 0 Å². The minimum absolute atomic E-state index is 0.0424. The van der Waals surface area contributed by atoms with Gasteiger partial charge in [0.15, 0.2) is 9.84 Å². The first-order valence-corrected chi connectivity index (χ1v) is 9.01. The molecule has 0 spiro atoms. The summed E-state index contributed by atoms with van der Waals surface area (Å²) in [4.78, 5) is 1.43. The molecule has 1 atom stereocenters. The maximum Gasteiger partial charge on any atom is 0.181 e. The van der Waals surface area contributed by atoms with E-state index in [4.69, 9.17) is 5.73 Å². The van der Waals surface area contributed by atoms with Gasteiger partial charge in [-0.25, -0.2) is 8.42 Å². The number of hydrogen-bond acceptors (Lipinski definition) is 4. The molecule has 3 nitrogen and oxygen atoms in total. The second-order valence-electron chi connectivity index (χ2n) is 4.86. The normalized spacial score (nSPS) is 17.9. The van der Waals surface area contributed by atoms with E-state index >= 15 is 0 Å². The molecule has 104 valence electrons. The van der Waals surface area contributed by atoms with E-state index in [1.54, 1.807) is 36.0 Å². The van der Waals surface area contributed by atoms with E-state index in [-0.39, 0.29) is 16.6 Å². The van der Waals surface area contributed by atoms with Crippen LogP contribution in [0.5, 0.6) is 0 Å². The van der Waals surface area contributed by atoms with Gasteiger partial charge in [-0.15, -0.1) is 11.8 Å². The Hall–Kier alpha value is -1.46. The van der Waals surface area contributed by atoms with Gasteiger partial charge in [-0.3, -0.25) is 0 Å². The summed E-state index contributed by atoms with van der Waals surface area (Å²) in [6.07, 6.45) is 0. The Kier molecular flexibility index (Phi) is 3.48. The molecular formula is C15H15NO2S2. The summed E-state index contributed by atoms with van der Waals surface area (Å²) >= 11 is 1.72. The van der Waals surface area contributed by atoms with Crippen molar-refractivity contribution in [3.63, 3.8) is 0 Å². The van der Waals surface area contributed by atoms with Crippen LogP contribution in [0.4, 0.5) is 5.69 Å². The lowest BCUT2D eigenvalue weighted by Gasteiger charge is -2.12. The molecular weight excluding hydrogens is 290 g/mol. The topological polar surface area (TPSA) is 60.2 Å². The molecule has 2 N–H and O–H groups in total. The van der Waals surface area contributed by atoms with Gasteiger partial charge in [0, 0.05) is 16.6 Å². The monoisotopic (exact) mass is 305 g/mol. The smallest absolute Gasteiger partial charge is 0.181 e. The van der Waals surface area contributed by atoms with Gasteiger partial charge in [-0.1, -0.05) is 30.3 Å². The van der Waals surface area contributed by atoms with Crippen LogP contribution in [-0.4, -0.2) is 19.9 Å². The highest BCUT2D eigenvalue weighted by Crippen LogP contribution is 2.40. The minimum atomic E-state index is -3.36. The van der Waals surface area contributed by atoms with E-state index in [0.717, 1.165) is 11.3 Å². The summed E-state index contributed by atoms with van der Waals surface area (Å²) in [5.41, 5.74) is 7.25. The fourth-order valence-corrected chi connectivity index (χ4v) is 5.61. The van der Waals surface area contributed by atoms with Crippen LogP contribution in [0.15, 0.2) is 58.3 Å². The SMILES string of the molecule is Nc1ccccc1S(=O)(=O)CC1CSc2ccccc21. The molecule has 0 saturated heterocycles. The largest absolute Gasteiger partial charge is 0.398 e. The lowest BCUT2D eigenvalue weighted by Crippen LogP contribution is -2.16. The van der Waals surface area contributed by atoms with Gasteiger partial charge in [-0.2, -0.15) is 0 Å². The Bertz CT molecular complexity index is 741.